The number of carbonyl (C=O) groups excluding carboxylic acids is 2. The van der Waals surface area contributed by atoms with Crippen molar-refractivity contribution in [3.05, 3.63) is 35.4 Å². The van der Waals surface area contributed by atoms with Crippen LogP contribution in [0.1, 0.15) is 56.1 Å². The van der Waals surface area contributed by atoms with E-state index in [1.165, 1.54) is 0 Å². The number of nitrogen functional groups attached to an aromatic ring is 1. The zero-order chi connectivity index (χ0) is 21.7. The Morgan fingerprint density at radius 3 is 2.37 bits per heavy atom. The summed E-state index contributed by atoms with van der Waals surface area (Å²) in [7, 11) is 0. The minimum Gasteiger partial charge on any atom is -0.481 e. The Morgan fingerprint density at radius 1 is 1.17 bits per heavy atom. The lowest BCUT2D eigenvalue weighted by Gasteiger charge is -2.42. The highest BCUT2D eigenvalue weighted by molar-refractivity contribution is 5.95. The molecular formula is C22H30N4O4. The van der Waals surface area contributed by atoms with Crippen LogP contribution in [0.4, 0.5) is 0 Å². The highest BCUT2D eigenvalue weighted by Gasteiger charge is 2.42. The highest BCUT2D eigenvalue weighted by atomic mass is 16.4. The Morgan fingerprint density at radius 2 is 1.83 bits per heavy atom. The zero-order valence-electron chi connectivity index (χ0n) is 17.1. The molecule has 5 N–H and O–H groups in total. The molecule has 1 aliphatic carbocycles. The van der Waals surface area contributed by atoms with Crippen molar-refractivity contribution < 1.29 is 19.5 Å². The molecule has 1 heterocycles. The molecule has 30 heavy (non-hydrogen) atoms. The van der Waals surface area contributed by atoms with Crippen molar-refractivity contribution in [1.29, 1.82) is 5.41 Å². The van der Waals surface area contributed by atoms with E-state index in [2.05, 4.69) is 5.32 Å². The van der Waals surface area contributed by atoms with Gasteiger partial charge in [-0.1, -0.05) is 37.1 Å². The van der Waals surface area contributed by atoms with Crippen molar-refractivity contribution >= 4 is 23.6 Å². The Hall–Kier alpha value is -2.90. The van der Waals surface area contributed by atoms with Gasteiger partial charge in [0.25, 0.3) is 0 Å². The minimum atomic E-state index is -0.889. The van der Waals surface area contributed by atoms with Crippen LogP contribution in [0.5, 0.6) is 0 Å². The number of carbonyl (C=O) groups is 3. The van der Waals surface area contributed by atoms with Crippen LogP contribution in [0.3, 0.4) is 0 Å². The molecule has 3 rings (SSSR count). The molecule has 2 amide bonds. The standard InChI is InChI=1S/C22H30N4O4/c23-20(24)16-7-5-14(6-8-16)13-25-21(29)18-11-12-26(18)22(30)17(9-10-19(27)28)15-3-1-2-4-15/h5-8,15,17-18H,1-4,9-13H2,(H3,23,24)(H,25,29)(H,27,28)/t17-,18+/m1/s1. The van der Waals surface area contributed by atoms with Crippen molar-refractivity contribution in [3.63, 3.8) is 0 Å². The van der Waals surface area contributed by atoms with E-state index in [1.54, 1.807) is 17.0 Å². The summed E-state index contributed by atoms with van der Waals surface area (Å²) in [4.78, 5) is 38.4. The van der Waals surface area contributed by atoms with Crippen molar-refractivity contribution in [2.75, 3.05) is 6.54 Å². The van der Waals surface area contributed by atoms with Gasteiger partial charge in [-0.05, 0) is 37.2 Å². The summed E-state index contributed by atoms with van der Waals surface area (Å²) in [6.07, 6.45) is 5.01. The molecule has 2 fully saturated rings. The lowest BCUT2D eigenvalue weighted by molar-refractivity contribution is -0.152. The third-order valence-electron chi connectivity index (χ3n) is 6.29. The molecule has 8 nitrogen and oxygen atoms in total. The number of carboxylic acid groups (broad SMARTS) is 1. The number of carboxylic acids is 1. The van der Waals surface area contributed by atoms with Gasteiger partial charge in [0.2, 0.25) is 11.8 Å². The summed E-state index contributed by atoms with van der Waals surface area (Å²) in [6, 6.07) is 6.60. The van der Waals surface area contributed by atoms with E-state index < -0.39 is 12.0 Å². The lowest BCUT2D eigenvalue weighted by atomic mass is 9.84. The molecule has 1 aromatic rings. The molecule has 2 atom stereocenters. The van der Waals surface area contributed by atoms with Crippen LogP contribution in [0.15, 0.2) is 24.3 Å². The van der Waals surface area contributed by atoms with Crippen LogP contribution in [0, 0.1) is 17.2 Å². The third-order valence-corrected chi connectivity index (χ3v) is 6.29. The molecule has 0 spiro atoms. The Bertz CT molecular complexity index is 802. The molecule has 8 heteroatoms. The van der Waals surface area contributed by atoms with E-state index in [4.69, 9.17) is 16.2 Å². The van der Waals surface area contributed by atoms with Gasteiger partial charge in [0.05, 0.1) is 0 Å². The van der Waals surface area contributed by atoms with E-state index in [9.17, 15) is 14.4 Å². The number of hydrogen-bond donors (Lipinski definition) is 4. The number of amides is 2. The van der Waals surface area contributed by atoms with Gasteiger partial charge in [-0.3, -0.25) is 19.8 Å². The van der Waals surface area contributed by atoms with Gasteiger partial charge in [-0.2, -0.15) is 0 Å². The van der Waals surface area contributed by atoms with E-state index in [0.29, 0.717) is 31.5 Å². The summed E-state index contributed by atoms with van der Waals surface area (Å²) < 4.78 is 0. The predicted molar refractivity (Wildman–Crippen MR) is 112 cm³/mol. The van der Waals surface area contributed by atoms with E-state index in [0.717, 1.165) is 31.2 Å². The number of nitrogens with one attached hydrogen (secondary N) is 2. The largest absolute Gasteiger partial charge is 0.481 e. The SMILES string of the molecule is N=C(N)c1ccc(CNC(=O)[C@@H]2CCN2C(=O)[C@H](CCC(=O)O)C2CCCC2)cc1. The predicted octanol–water partition coefficient (Wildman–Crippen LogP) is 1.86. The average Bonchev–Trinajstić information content (AvgIpc) is 3.20. The molecule has 0 bridgehead atoms. The second-order valence-corrected chi connectivity index (χ2v) is 8.25. The number of amidine groups is 1. The first-order valence-corrected chi connectivity index (χ1v) is 10.6. The summed E-state index contributed by atoms with van der Waals surface area (Å²) in [5, 5.41) is 19.4. The quantitative estimate of drug-likeness (QED) is 0.361. The number of hydrogen-bond acceptors (Lipinski definition) is 4. The average molecular weight is 415 g/mol. The number of nitrogens with two attached hydrogens (primary N) is 1. The van der Waals surface area contributed by atoms with Crippen LogP contribution in [0.2, 0.25) is 0 Å². The molecule has 162 valence electrons. The smallest absolute Gasteiger partial charge is 0.303 e. The molecule has 2 aliphatic rings. The number of nitrogens with zero attached hydrogens (tertiary/aromatic N) is 1. The van der Waals surface area contributed by atoms with Crippen molar-refractivity contribution in [3.8, 4) is 0 Å². The van der Waals surface area contributed by atoms with Gasteiger partial charge in [-0.15, -0.1) is 0 Å². The molecule has 0 unspecified atom stereocenters. The fourth-order valence-corrected chi connectivity index (χ4v) is 4.45. The van der Waals surface area contributed by atoms with Crippen LogP contribution in [-0.2, 0) is 20.9 Å². The van der Waals surface area contributed by atoms with Crippen molar-refractivity contribution in [2.24, 2.45) is 17.6 Å². The van der Waals surface area contributed by atoms with Gasteiger partial charge in [-0.25, -0.2) is 0 Å². The maximum Gasteiger partial charge on any atom is 0.303 e. The van der Waals surface area contributed by atoms with Gasteiger partial charge < -0.3 is 21.1 Å². The Balaban J connectivity index is 1.57. The number of aliphatic carboxylic acids is 1. The molecule has 1 saturated heterocycles. The fourth-order valence-electron chi connectivity index (χ4n) is 4.45. The van der Waals surface area contributed by atoms with Crippen molar-refractivity contribution in [2.45, 2.75) is 57.5 Å². The van der Waals surface area contributed by atoms with Gasteiger partial charge in [0.15, 0.2) is 0 Å². The number of rotatable bonds is 9. The second-order valence-electron chi connectivity index (χ2n) is 8.25. The van der Waals surface area contributed by atoms with E-state index in [-0.39, 0.29) is 35.9 Å². The molecule has 1 saturated carbocycles. The third kappa shape index (κ3) is 5.17. The van der Waals surface area contributed by atoms with Crippen LogP contribution < -0.4 is 11.1 Å². The topological polar surface area (TPSA) is 137 Å². The van der Waals surface area contributed by atoms with Gasteiger partial charge >= 0.3 is 5.97 Å². The fraction of sp³-hybridized carbons (Fsp3) is 0.545. The summed E-state index contributed by atoms with van der Waals surface area (Å²) >= 11 is 0. The maximum atomic E-state index is 13.1. The second kappa shape index (κ2) is 9.73. The van der Waals surface area contributed by atoms with Gasteiger partial charge in [0, 0.05) is 31.0 Å². The molecule has 1 aromatic carbocycles. The first-order valence-electron chi connectivity index (χ1n) is 10.6. The monoisotopic (exact) mass is 414 g/mol. The Kier molecular flexibility index (Phi) is 7.07. The van der Waals surface area contributed by atoms with Crippen LogP contribution in [0.25, 0.3) is 0 Å². The summed E-state index contributed by atoms with van der Waals surface area (Å²) in [6.45, 7) is 0.876. The van der Waals surface area contributed by atoms with Crippen LogP contribution >= 0.6 is 0 Å². The Labute approximate surface area is 176 Å². The lowest BCUT2D eigenvalue weighted by Crippen LogP contribution is -2.60. The molecule has 0 radical (unpaired) electrons. The first kappa shape index (κ1) is 21.8. The van der Waals surface area contributed by atoms with Crippen molar-refractivity contribution in [1.82, 2.24) is 10.2 Å². The highest BCUT2D eigenvalue weighted by Crippen LogP contribution is 2.36. The zero-order valence-corrected chi connectivity index (χ0v) is 17.1. The minimum absolute atomic E-state index is 0.00563. The molecule has 1 aliphatic heterocycles. The molecular weight excluding hydrogens is 384 g/mol. The number of likely N-dealkylation sites (tertiary alicyclic amines) is 1. The van der Waals surface area contributed by atoms with Gasteiger partial charge in [0.1, 0.15) is 11.9 Å². The first-order chi connectivity index (χ1) is 14.4. The normalized spacial score (nSPS) is 19.7. The summed E-state index contributed by atoms with van der Waals surface area (Å²) in [5.41, 5.74) is 6.96. The van der Waals surface area contributed by atoms with E-state index >= 15 is 0 Å². The molecule has 0 aromatic heterocycles. The maximum absolute atomic E-state index is 13.1. The number of benzene rings is 1. The van der Waals surface area contributed by atoms with Crippen LogP contribution in [-0.4, -0.2) is 46.2 Å². The summed E-state index contributed by atoms with van der Waals surface area (Å²) in [5.74, 6) is -1.23. The van der Waals surface area contributed by atoms with E-state index in [1.807, 2.05) is 12.1 Å².